The molecule has 0 spiro atoms. The van der Waals surface area contributed by atoms with E-state index in [1.807, 2.05) is 42.2 Å². The fourth-order valence-electron chi connectivity index (χ4n) is 4.26. The number of anilines is 2. The third-order valence-corrected chi connectivity index (χ3v) is 6.89. The highest BCUT2D eigenvalue weighted by molar-refractivity contribution is 7.80. The summed E-state index contributed by atoms with van der Waals surface area (Å²) >= 11 is 11.8. The highest BCUT2D eigenvalue weighted by atomic mass is 35.5. The van der Waals surface area contributed by atoms with E-state index in [4.69, 9.17) is 23.8 Å². The van der Waals surface area contributed by atoms with Gasteiger partial charge in [0, 0.05) is 54.6 Å². The van der Waals surface area contributed by atoms with Crippen LogP contribution in [0.2, 0.25) is 5.02 Å². The lowest BCUT2D eigenvalue weighted by Crippen LogP contribution is -2.49. The normalized spacial score (nSPS) is 13.1. The molecule has 1 heterocycles. The van der Waals surface area contributed by atoms with E-state index in [9.17, 15) is 19.7 Å². The maximum absolute atomic E-state index is 12.9. The number of nitro groups is 1. The van der Waals surface area contributed by atoms with Crippen molar-refractivity contribution in [3.05, 3.63) is 98.1 Å². The summed E-state index contributed by atoms with van der Waals surface area (Å²) in [4.78, 5) is 40.0. The number of carbonyl (C=O) groups is 2. The first-order valence-electron chi connectivity index (χ1n) is 11.9. The summed E-state index contributed by atoms with van der Waals surface area (Å²) in [6.45, 7) is 5.98. The molecule has 9 nitrogen and oxygen atoms in total. The van der Waals surface area contributed by atoms with Gasteiger partial charge in [0.05, 0.1) is 15.6 Å². The van der Waals surface area contributed by atoms with Gasteiger partial charge in [0.15, 0.2) is 5.11 Å². The Morgan fingerprint density at radius 1 is 0.974 bits per heavy atom. The Hall–Kier alpha value is -4.02. The maximum atomic E-state index is 12.9. The van der Waals surface area contributed by atoms with Gasteiger partial charge in [-0.2, -0.15) is 0 Å². The van der Waals surface area contributed by atoms with Gasteiger partial charge in [-0.1, -0.05) is 35.9 Å². The Bertz CT molecular complexity index is 1420. The summed E-state index contributed by atoms with van der Waals surface area (Å²) in [6.07, 6.45) is 0. The van der Waals surface area contributed by atoms with Crippen LogP contribution in [0.25, 0.3) is 0 Å². The van der Waals surface area contributed by atoms with Gasteiger partial charge in [0.1, 0.15) is 0 Å². The minimum atomic E-state index is -0.563. The number of nitrogens with zero attached hydrogens (tertiary/aromatic N) is 3. The van der Waals surface area contributed by atoms with Crippen LogP contribution in [0.4, 0.5) is 17.1 Å². The monoisotopic (exact) mass is 551 g/mol. The van der Waals surface area contributed by atoms with Crippen molar-refractivity contribution in [2.75, 3.05) is 36.4 Å². The standard InChI is InChI=1S/C27H26ClN5O4S/c1-17-5-3-4-6-21(17)26(35)32-13-11-31(12-14-32)23-10-9-20(16-22(23)28)29-27(38)30-25(34)19-8-7-18(2)24(15-19)33(36)37/h3-10,15-16H,11-14H2,1-2H3,(H2,29,30,34,38). The van der Waals surface area contributed by atoms with Crippen molar-refractivity contribution in [3.63, 3.8) is 0 Å². The Balaban J connectivity index is 1.34. The Kier molecular flexibility index (Phi) is 8.23. The first-order chi connectivity index (χ1) is 18.1. The number of halogens is 1. The zero-order valence-electron chi connectivity index (χ0n) is 20.9. The van der Waals surface area contributed by atoms with Gasteiger partial charge in [-0.3, -0.25) is 25.0 Å². The van der Waals surface area contributed by atoms with E-state index in [0.717, 1.165) is 16.8 Å². The van der Waals surface area contributed by atoms with Crippen molar-refractivity contribution in [2.45, 2.75) is 13.8 Å². The van der Waals surface area contributed by atoms with Crippen molar-refractivity contribution in [3.8, 4) is 0 Å². The van der Waals surface area contributed by atoms with Crippen molar-refractivity contribution in [2.24, 2.45) is 0 Å². The van der Waals surface area contributed by atoms with E-state index in [0.29, 0.717) is 42.5 Å². The molecule has 0 bridgehead atoms. The smallest absolute Gasteiger partial charge is 0.273 e. The van der Waals surface area contributed by atoms with Gasteiger partial charge >= 0.3 is 0 Å². The molecule has 0 radical (unpaired) electrons. The van der Waals surface area contributed by atoms with Crippen LogP contribution in [0, 0.1) is 24.0 Å². The summed E-state index contributed by atoms with van der Waals surface area (Å²) in [5.74, 6) is -0.532. The van der Waals surface area contributed by atoms with Crippen LogP contribution in [-0.2, 0) is 0 Å². The average Bonchev–Trinajstić information content (AvgIpc) is 2.89. The molecule has 0 atom stereocenters. The summed E-state index contributed by atoms with van der Waals surface area (Å²) in [6, 6.07) is 17.2. The van der Waals surface area contributed by atoms with Gasteiger partial charge in [-0.05, 0) is 62.0 Å². The molecule has 1 aliphatic heterocycles. The molecule has 0 aromatic heterocycles. The summed E-state index contributed by atoms with van der Waals surface area (Å²) in [5.41, 5.74) is 3.54. The lowest BCUT2D eigenvalue weighted by molar-refractivity contribution is -0.385. The van der Waals surface area contributed by atoms with E-state index in [-0.39, 0.29) is 22.3 Å². The molecule has 196 valence electrons. The molecule has 3 aromatic carbocycles. The number of carbonyl (C=O) groups excluding carboxylic acids is 2. The number of aryl methyl sites for hydroxylation is 2. The topological polar surface area (TPSA) is 108 Å². The van der Waals surface area contributed by atoms with Gasteiger partial charge in [-0.25, -0.2) is 0 Å². The zero-order valence-corrected chi connectivity index (χ0v) is 22.4. The number of hydrogen-bond acceptors (Lipinski definition) is 6. The first kappa shape index (κ1) is 27.0. The van der Waals surface area contributed by atoms with E-state index in [1.165, 1.54) is 18.2 Å². The Labute approximate surface area is 230 Å². The molecule has 3 aromatic rings. The number of thiocarbonyl (C=S) groups is 1. The number of hydrogen-bond donors (Lipinski definition) is 2. The van der Waals surface area contributed by atoms with E-state index < -0.39 is 10.8 Å². The number of piperazine rings is 1. The summed E-state index contributed by atoms with van der Waals surface area (Å²) in [5, 5.41) is 17.1. The number of amides is 2. The minimum Gasteiger partial charge on any atom is -0.367 e. The van der Waals surface area contributed by atoms with Crippen LogP contribution in [-0.4, -0.2) is 52.9 Å². The second-order valence-corrected chi connectivity index (χ2v) is 9.74. The molecule has 1 aliphatic rings. The fourth-order valence-corrected chi connectivity index (χ4v) is 4.77. The van der Waals surface area contributed by atoms with Crippen LogP contribution in [0.15, 0.2) is 60.7 Å². The van der Waals surface area contributed by atoms with Gasteiger partial charge in [0.25, 0.3) is 17.5 Å². The Morgan fingerprint density at radius 3 is 2.34 bits per heavy atom. The van der Waals surface area contributed by atoms with Crippen LogP contribution in [0.3, 0.4) is 0 Å². The van der Waals surface area contributed by atoms with Gasteiger partial charge in [0.2, 0.25) is 0 Å². The molecular weight excluding hydrogens is 526 g/mol. The molecule has 1 saturated heterocycles. The second-order valence-electron chi connectivity index (χ2n) is 8.93. The van der Waals surface area contributed by atoms with Crippen molar-refractivity contribution < 1.29 is 14.5 Å². The predicted molar refractivity (Wildman–Crippen MR) is 152 cm³/mol. The van der Waals surface area contributed by atoms with Crippen LogP contribution in [0.1, 0.15) is 31.8 Å². The number of rotatable bonds is 5. The third-order valence-electron chi connectivity index (χ3n) is 6.38. The fraction of sp³-hybridized carbons (Fsp3) is 0.222. The first-order valence-corrected chi connectivity index (χ1v) is 12.7. The van der Waals surface area contributed by atoms with Crippen molar-refractivity contribution in [1.29, 1.82) is 0 Å². The summed E-state index contributed by atoms with van der Waals surface area (Å²) in [7, 11) is 0. The predicted octanol–water partition coefficient (Wildman–Crippen LogP) is 4.95. The molecule has 2 amide bonds. The largest absolute Gasteiger partial charge is 0.367 e. The maximum Gasteiger partial charge on any atom is 0.273 e. The second kappa shape index (κ2) is 11.6. The molecule has 11 heteroatoms. The lowest BCUT2D eigenvalue weighted by Gasteiger charge is -2.36. The molecule has 2 N–H and O–H groups in total. The quantitative estimate of drug-likeness (QED) is 0.262. The van der Waals surface area contributed by atoms with E-state index in [1.54, 1.807) is 19.1 Å². The molecule has 0 unspecified atom stereocenters. The molecule has 4 rings (SSSR count). The van der Waals surface area contributed by atoms with E-state index >= 15 is 0 Å². The zero-order chi connectivity index (χ0) is 27.4. The highest BCUT2D eigenvalue weighted by Gasteiger charge is 2.24. The number of nitrogens with one attached hydrogen (secondary N) is 2. The molecule has 0 aliphatic carbocycles. The van der Waals surface area contributed by atoms with E-state index in [2.05, 4.69) is 15.5 Å². The number of benzene rings is 3. The number of nitro benzene ring substituents is 1. The average molecular weight is 552 g/mol. The minimum absolute atomic E-state index is 0.0317. The van der Waals surface area contributed by atoms with Crippen LogP contribution in [0.5, 0.6) is 0 Å². The van der Waals surface area contributed by atoms with Gasteiger partial charge < -0.3 is 15.1 Å². The molecule has 0 saturated carbocycles. The van der Waals surface area contributed by atoms with Gasteiger partial charge in [-0.15, -0.1) is 0 Å². The molecule has 1 fully saturated rings. The molecular formula is C27H26ClN5O4S. The van der Waals surface area contributed by atoms with Crippen molar-refractivity contribution >= 4 is 57.8 Å². The highest BCUT2D eigenvalue weighted by Crippen LogP contribution is 2.30. The summed E-state index contributed by atoms with van der Waals surface area (Å²) < 4.78 is 0. The Morgan fingerprint density at radius 2 is 1.68 bits per heavy atom. The molecule has 38 heavy (non-hydrogen) atoms. The SMILES string of the molecule is Cc1ccccc1C(=O)N1CCN(c2ccc(NC(=S)NC(=O)c3ccc(C)c([N+](=O)[O-])c3)cc2Cl)CC1. The lowest BCUT2D eigenvalue weighted by atomic mass is 10.1. The van der Waals surface area contributed by atoms with Crippen molar-refractivity contribution in [1.82, 2.24) is 10.2 Å². The third kappa shape index (κ3) is 6.09. The van der Waals surface area contributed by atoms with Crippen LogP contribution < -0.4 is 15.5 Å². The van der Waals surface area contributed by atoms with Crippen LogP contribution >= 0.6 is 23.8 Å².